The van der Waals surface area contributed by atoms with Crippen LogP contribution in [-0.4, -0.2) is 9.55 Å². The van der Waals surface area contributed by atoms with E-state index in [9.17, 15) is 0 Å². The maximum absolute atomic E-state index is 6.34. The van der Waals surface area contributed by atoms with E-state index in [0.29, 0.717) is 5.92 Å². The number of hydrogen-bond donors (Lipinski definition) is 1. The fraction of sp³-hybridized carbons (Fsp3) is 0.562. The van der Waals surface area contributed by atoms with E-state index in [4.69, 9.17) is 10.7 Å². The van der Waals surface area contributed by atoms with Gasteiger partial charge in [-0.1, -0.05) is 45.7 Å². The Labute approximate surface area is 115 Å². The molecule has 1 unspecified atom stereocenters. The average molecular weight is 259 g/mol. The number of nitrogens with zero attached hydrogens (tertiary/aromatic N) is 2. The highest BCUT2D eigenvalue weighted by atomic mass is 15.1. The Hall–Kier alpha value is -1.35. The van der Waals surface area contributed by atoms with Crippen molar-refractivity contribution < 1.29 is 0 Å². The summed E-state index contributed by atoms with van der Waals surface area (Å²) in [5.41, 5.74) is 8.61. The number of rotatable bonds is 6. The standard InChI is InChI=1S/C16H25N3/c1-4-5-8-13(17)16-18-14-9-6-7-10-15(14)19(16)11-12(2)3/h6-7,9-10,12-13H,4-5,8,11,17H2,1-3H3. The van der Waals surface area contributed by atoms with Crippen molar-refractivity contribution in [3.8, 4) is 0 Å². The number of hydrogen-bond acceptors (Lipinski definition) is 2. The lowest BCUT2D eigenvalue weighted by Gasteiger charge is -2.16. The molecule has 1 aromatic heterocycles. The minimum Gasteiger partial charge on any atom is -0.326 e. The Balaban J connectivity index is 2.40. The van der Waals surface area contributed by atoms with Crippen LogP contribution < -0.4 is 5.73 Å². The monoisotopic (exact) mass is 259 g/mol. The minimum absolute atomic E-state index is 0.0473. The van der Waals surface area contributed by atoms with Gasteiger partial charge in [0.15, 0.2) is 0 Å². The van der Waals surface area contributed by atoms with E-state index in [-0.39, 0.29) is 6.04 Å². The predicted molar refractivity (Wildman–Crippen MR) is 81.0 cm³/mol. The molecule has 0 aliphatic heterocycles. The molecule has 0 radical (unpaired) electrons. The lowest BCUT2D eigenvalue weighted by Crippen LogP contribution is -2.18. The number of benzene rings is 1. The molecule has 3 nitrogen and oxygen atoms in total. The molecular weight excluding hydrogens is 234 g/mol. The normalized spacial score (nSPS) is 13.3. The van der Waals surface area contributed by atoms with Gasteiger partial charge in [-0.05, 0) is 24.5 Å². The topological polar surface area (TPSA) is 43.8 Å². The molecule has 0 amide bonds. The van der Waals surface area contributed by atoms with Crippen molar-refractivity contribution in [2.24, 2.45) is 11.7 Å². The van der Waals surface area contributed by atoms with Crippen LogP contribution in [0.3, 0.4) is 0 Å². The molecule has 3 heteroatoms. The molecule has 1 aromatic carbocycles. The third-order valence-corrected chi connectivity index (χ3v) is 3.43. The number of fused-ring (bicyclic) bond motifs is 1. The van der Waals surface area contributed by atoms with Crippen LogP contribution in [0.2, 0.25) is 0 Å². The van der Waals surface area contributed by atoms with Crippen LogP contribution in [0, 0.1) is 5.92 Å². The van der Waals surface area contributed by atoms with Crippen LogP contribution in [0.1, 0.15) is 51.9 Å². The van der Waals surface area contributed by atoms with E-state index in [1.54, 1.807) is 0 Å². The fourth-order valence-electron chi connectivity index (χ4n) is 2.49. The van der Waals surface area contributed by atoms with E-state index in [2.05, 4.69) is 43.5 Å². The van der Waals surface area contributed by atoms with Crippen LogP contribution in [0.4, 0.5) is 0 Å². The van der Waals surface area contributed by atoms with E-state index in [1.165, 1.54) is 11.9 Å². The molecule has 2 aromatic rings. The summed E-state index contributed by atoms with van der Waals surface area (Å²) >= 11 is 0. The van der Waals surface area contributed by atoms with Crippen LogP contribution >= 0.6 is 0 Å². The van der Waals surface area contributed by atoms with E-state index >= 15 is 0 Å². The number of para-hydroxylation sites is 2. The summed E-state index contributed by atoms with van der Waals surface area (Å²) in [6, 6.07) is 8.37. The summed E-state index contributed by atoms with van der Waals surface area (Å²) in [6.07, 6.45) is 3.35. The van der Waals surface area contributed by atoms with Crippen molar-refractivity contribution in [1.82, 2.24) is 9.55 Å². The van der Waals surface area contributed by atoms with E-state index in [0.717, 1.165) is 30.7 Å². The van der Waals surface area contributed by atoms with Crippen LogP contribution in [0.5, 0.6) is 0 Å². The number of imidazole rings is 1. The third-order valence-electron chi connectivity index (χ3n) is 3.43. The van der Waals surface area contributed by atoms with Gasteiger partial charge < -0.3 is 10.3 Å². The first-order valence-electron chi connectivity index (χ1n) is 7.34. The highest BCUT2D eigenvalue weighted by Gasteiger charge is 2.17. The van der Waals surface area contributed by atoms with Crippen molar-refractivity contribution in [2.45, 2.75) is 52.6 Å². The molecule has 1 heterocycles. The van der Waals surface area contributed by atoms with Gasteiger partial charge in [-0.15, -0.1) is 0 Å². The van der Waals surface area contributed by atoms with Gasteiger partial charge in [0, 0.05) is 6.54 Å². The highest BCUT2D eigenvalue weighted by molar-refractivity contribution is 5.76. The quantitative estimate of drug-likeness (QED) is 0.855. The lowest BCUT2D eigenvalue weighted by molar-refractivity contribution is 0.483. The molecule has 0 spiro atoms. The van der Waals surface area contributed by atoms with Crippen molar-refractivity contribution in [3.05, 3.63) is 30.1 Å². The maximum atomic E-state index is 6.34. The summed E-state index contributed by atoms with van der Waals surface area (Å²) in [7, 11) is 0. The fourth-order valence-corrected chi connectivity index (χ4v) is 2.49. The Morgan fingerprint density at radius 1 is 1.26 bits per heavy atom. The first kappa shape index (κ1) is 14.1. The maximum Gasteiger partial charge on any atom is 0.126 e. The van der Waals surface area contributed by atoms with Gasteiger partial charge in [0.2, 0.25) is 0 Å². The molecule has 2 N–H and O–H groups in total. The molecule has 2 rings (SSSR count). The third kappa shape index (κ3) is 3.16. The average Bonchev–Trinajstić information content (AvgIpc) is 2.74. The summed E-state index contributed by atoms with van der Waals surface area (Å²) in [6.45, 7) is 7.64. The zero-order valence-electron chi connectivity index (χ0n) is 12.3. The smallest absolute Gasteiger partial charge is 0.126 e. The highest BCUT2D eigenvalue weighted by Crippen LogP contribution is 2.23. The van der Waals surface area contributed by atoms with Crippen LogP contribution in [0.15, 0.2) is 24.3 Å². The molecule has 0 saturated carbocycles. The molecule has 0 aliphatic carbocycles. The Bertz CT molecular complexity index is 528. The number of aromatic nitrogens is 2. The van der Waals surface area contributed by atoms with Crippen molar-refractivity contribution in [2.75, 3.05) is 0 Å². The first-order chi connectivity index (χ1) is 9.13. The van der Waals surface area contributed by atoms with Gasteiger partial charge in [-0.25, -0.2) is 4.98 Å². The van der Waals surface area contributed by atoms with Gasteiger partial charge in [0.1, 0.15) is 5.82 Å². The zero-order chi connectivity index (χ0) is 13.8. The molecule has 0 saturated heterocycles. The molecule has 0 bridgehead atoms. The second-order valence-corrected chi connectivity index (χ2v) is 5.71. The predicted octanol–water partition coefficient (Wildman–Crippen LogP) is 3.88. The number of nitrogens with two attached hydrogens (primary N) is 1. The van der Waals surface area contributed by atoms with Gasteiger partial charge >= 0.3 is 0 Å². The first-order valence-corrected chi connectivity index (χ1v) is 7.34. The Morgan fingerprint density at radius 2 is 2.00 bits per heavy atom. The summed E-state index contributed by atoms with van der Waals surface area (Å²) in [4.78, 5) is 4.76. The van der Waals surface area contributed by atoms with Gasteiger partial charge in [-0.2, -0.15) is 0 Å². The second kappa shape index (κ2) is 6.20. The Kier molecular flexibility index (Phi) is 4.59. The van der Waals surface area contributed by atoms with Gasteiger partial charge in [-0.3, -0.25) is 0 Å². The van der Waals surface area contributed by atoms with E-state index in [1.807, 2.05) is 6.07 Å². The molecule has 0 fully saturated rings. The molecule has 0 aliphatic rings. The van der Waals surface area contributed by atoms with E-state index < -0.39 is 0 Å². The summed E-state index contributed by atoms with van der Waals surface area (Å²) in [5.74, 6) is 1.64. The largest absolute Gasteiger partial charge is 0.326 e. The van der Waals surface area contributed by atoms with Crippen molar-refractivity contribution in [3.63, 3.8) is 0 Å². The van der Waals surface area contributed by atoms with Crippen LogP contribution in [-0.2, 0) is 6.54 Å². The van der Waals surface area contributed by atoms with Gasteiger partial charge in [0.25, 0.3) is 0 Å². The zero-order valence-corrected chi connectivity index (χ0v) is 12.3. The SMILES string of the molecule is CCCCC(N)c1nc2ccccc2n1CC(C)C. The van der Waals surface area contributed by atoms with Crippen LogP contribution in [0.25, 0.3) is 11.0 Å². The molecule has 104 valence electrons. The van der Waals surface area contributed by atoms with Crippen molar-refractivity contribution in [1.29, 1.82) is 0 Å². The Morgan fingerprint density at radius 3 is 2.68 bits per heavy atom. The summed E-state index contributed by atoms with van der Waals surface area (Å²) < 4.78 is 2.31. The van der Waals surface area contributed by atoms with Crippen molar-refractivity contribution >= 4 is 11.0 Å². The summed E-state index contributed by atoms with van der Waals surface area (Å²) in [5, 5.41) is 0. The lowest BCUT2D eigenvalue weighted by atomic mass is 10.1. The molecule has 19 heavy (non-hydrogen) atoms. The molecule has 1 atom stereocenters. The number of unbranched alkanes of at least 4 members (excludes halogenated alkanes) is 1. The minimum atomic E-state index is 0.0473. The molecular formula is C16H25N3. The second-order valence-electron chi connectivity index (χ2n) is 5.71. The van der Waals surface area contributed by atoms with Gasteiger partial charge in [0.05, 0.1) is 17.1 Å².